The number of nitrogens with zero attached hydrogens (tertiary/aromatic N) is 2. The van der Waals surface area contributed by atoms with Crippen LogP contribution in [0.15, 0.2) is 78.9 Å². The fourth-order valence-corrected chi connectivity index (χ4v) is 5.02. The highest BCUT2D eigenvalue weighted by Crippen LogP contribution is 2.30. The number of likely N-dealkylation sites (tertiary alicyclic amines) is 1. The van der Waals surface area contributed by atoms with Crippen LogP contribution in [0.5, 0.6) is 5.19 Å². The third kappa shape index (κ3) is 4.98. The van der Waals surface area contributed by atoms with Gasteiger partial charge in [-0.2, -0.15) is 0 Å². The summed E-state index contributed by atoms with van der Waals surface area (Å²) in [5.41, 5.74) is 2.83. The Morgan fingerprint density at radius 2 is 1.64 bits per heavy atom. The van der Waals surface area contributed by atoms with Gasteiger partial charge in [0.15, 0.2) is 0 Å². The summed E-state index contributed by atoms with van der Waals surface area (Å²) in [5, 5.41) is 3.76. The van der Waals surface area contributed by atoms with Crippen molar-refractivity contribution in [3.8, 4) is 5.19 Å². The first-order chi connectivity index (χ1) is 16.2. The smallest absolute Gasteiger partial charge is 0.318 e. The van der Waals surface area contributed by atoms with Crippen molar-refractivity contribution in [2.24, 2.45) is 0 Å². The van der Waals surface area contributed by atoms with Crippen LogP contribution in [0.1, 0.15) is 30.0 Å². The molecule has 0 spiro atoms. The molecule has 5 rings (SSSR count). The lowest BCUT2D eigenvalue weighted by Crippen LogP contribution is -2.47. The van der Waals surface area contributed by atoms with E-state index in [2.05, 4.69) is 10.3 Å². The Kier molecular flexibility index (Phi) is 6.21. The SMILES string of the molecule is O=C(NC(c1ccccc1)c1ccccc1)N1CCC(Oc2nc3ccc(F)cc3s2)CC1. The van der Waals surface area contributed by atoms with Crippen molar-refractivity contribution in [1.82, 2.24) is 15.2 Å². The number of carbonyl (C=O) groups is 1. The van der Waals surface area contributed by atoms with Gasteiger partial charge in [-0.15, -0.1) is 0 Å². The zero-order chi connectivity index (χ0) is 22.6. The number of ether oxygens (including phenoxy) is 1. The van der Waals surface area contributed by atoms with E-state index in [4.69, 9.17) is 4.74 Å². The number of urea groups is 1. The summed E-state index contributed by atoms with van der Waals surface area (Å²) in [6.07, 6.45) is 1.43. The molecule has 1 fully saturated rings. The monoisotopic (exact) mass is 461 g/mol. The molecule has 1 aliphatic rings. The summed E-state index contributed by atoms with van der Waals surface area (Å²) in [6, 6.07) is 24.2. The summed E-state index contributed by atoms with van der Waals surface area (Å²) in [6.45, 7) is 1.21. The van der Waals surface area contributed by atoms with Crippen LogP contribution in [0, 0.1) is 5.82 Å². The van der Waals surface area contributed by atoms with Gasteiger partial charge in [-0.3, -0.25) is 0 Å². The second-order valence-electron chi connectivity index (χ2n) is 8.10. The minimum absolute atomic E-state index is 0.0153. The Labute approximate surface area is 195 Å². The number of hydrogen-bond donors (Lipinski definition) is 1. The zero-order valence-electron chi connectivity index (χ0n) is 18.0. The molecule has 4 aromatic rings. The van der Waals surface area contributed by atoms with Gasteiger partial charge in [-0.05, 0) is 29.3 Å². The predicted molar refractivity (Wildman–Crippen MR) is 128 cm³/mol. The van der Waals surface area contributed by atoms with Crippen molar-refractivity contribution >= 4 is 27.6 Å². The highest BCUT2D eigenvalue weighted by Gasteiger charge is 2.27. The summed E-state index contributed by atoms with van der Waals surface area (Å²) in [7, 11) is 0. The van der Waals surface area contributed by atoms with Crippen molar-refractivity contribution in [2.45, 2.75) is 25.0 Å². The van der Waals surface area contributed by atoms with E-state index in [0.29, 0.717) is 18.3 Å². The van der Waals surface area contributed by atoms with Crippen molar-refractivity contribution in [3.05, 3.63) is 95.8 Å². The third-order valence-corrected chi connectivity index (χ3v) is 6.77. The molecule has 7 heteroatoms. The van der Waals surface area contributed by atoms with E-state index in [1.165, 1.54) is 23.5 Å². The largest absolute Gasteiger partial charge is 0.467 e. The van der Waals surface area contributed by atoms with E-state index in [9.17, 15) is 9.18 Å². The summed E-state index contributed by atoms with van der Waals surface area (Å²) < 4.78 is 20.3. The Balaban J connectivity index is 1.21. The van der Waals surface area contributed by atoms with Gasteiger partial charge in [0.05, 0.1) is 16.3 Å². The lowest BCUT2D eigenvalue weighted by molar-refractivity contribution is 0.110. The number of halogens is 1. The van der Waals surface area contributed by atoms with Crippen LogP contribution in [0.2, 0.25) is 0 Å². The van der Waals surface area contributed by atoms with Crippen molar-refractivity contribution in [3.63, 3.8) is 0 Å². The third-order valence-electron chi connectivity index (χ3n) is 5.86. The topological polar surface area (TPSA) is 54.5 Å². The Morgan fingerprint density at radius 1 is 1.00 bits per heavy atom. The molecule has 3 aromatic carbocycles. The van der Waals surface area contributed by atoms with Crippen LogP contribution in [0.4, 0.5) is 9.18 Å². The van der Waals surface area contributed by atoms with Crippen LogP contribution in [0.3, 0.4) is 0 Å². The van der Waals surface area contributed by atoms with E-state index in [-0.39, 0.29) is 24.0 Å². The lowest BCUT2D eigenvalue weighted by atomic mass is 9.99. The maximum Gasteiger partial charge on any atom is 0.318 e. The van der Waals surface area contributed by atoms with Crippen molar-refractivity contribution in [1.29, 1.82) is 0 Å². The number of piperidine rings is 1. The number of nitrogens with one attached hydrogen (secondary N) is 1. The number of fused-ring (bicyclic) bond motifs is 1. The normalized spacial score (nSPS) is 14.5. The average Bonchev–Trinajstić information content (AvgIpc) is 3.25. The Morgan fingerprint density at radius 3 is 2.27 bits per heavy atom. The highest BCUT2D eigenvalue weighted by molar-refractivity contribution is 7.20. The van der Waals surface area contributed by atoms with Gasteiger partial charge in [0.25, 0.3) is 5.19 Å². The van der Waals surface area contributed by atoms with Crippen molar-refractivity contribution in [2.75, 3.05) is 13.1 Å². The van der Waals surface area contributed by atoms with Gasteiger partial charge in [0.1, 0.15) is 11.9 Å². The fraction of sp³-hybridized carbons (Fsp3) is 0.231. The second kappa shape index (κ2) is 9.58. The van der Waals surface area contributed by atoms with E-state index >= 15 is 0 Å². The molecule has 0 bridgehead atoms. The number of amides is 2. The number of benzene rings is 3. The van der Waals surface area contributed by atoms with Crippen LogP contribution < -0.4 is 10.1 Å². The molecule has 168 valence electrons. The summed E-state index contributed by atoms with van der Waals surface area (Å²) in [5.74, 6) is -0.277. The number of aromatic nitrogens is 1. The standard InChI is InChI=1S/C26H24FN3O2S/c27-20-11-12-22-23(17-20)33-26(28-22)32-21-13-15-30(16-14-21)25(31)29-24(18-7-3-1-4-8-18)19-9-5-2-6-10-19/h1-12,17,21,24H,13-16H2,(H,29,31). The molecule has 1 saturated heterocycles. The van der Waals surface area contributed by atoms with E-state index < -0.39 is 0 Å². The molecular weight excluding hydrogens is 437 g/mol. The Bertz CT molecular complexity index is 1180. The maximum atomic E-state index is 13.4. The first-order valence-electron chi connectivity index (χ1n) is 11.0. The number of hydrogen-bond acceptors (Lipinski definition) is 4. The summed E-state index contributed by atoms with van der Waals surface area (Å²) in [4.78, 5) is 19.4. The zero-order valence-corrected chi connectivity index (χ0v) is 18.8. The number of carbonyl (C=O) groups excluding carboxylic acids is 1. The molecule has 0 unspecified atom stereocenters. The van der Waals surface area contributed by atoms with Crippen LogP contribution in [0.25, 0.3) is 10.2 Å². The molecule has 33 heavy (non-hydrogen) atoms. The van der Waals surface area contributed by atoms with Crippen LogP contribution in [-0.2, 0) is 0 Å². The molecule has 2 amide bonds. The van der Waals surface area contributed by atoms with Gasteiger partial charge >= 0.3 is 6.03 Å². The minimum Gasteiger partial charge on any atom is -0.467 e. The molecule has 5 nitrogen and oxygen atoms in total. The minimum atomic E-state index is -0.277. The lowest BCUT2D eigenvalue weighted by Gasteiger charge is -2.33. The van der Waals surface area contributed by atoms with E-state index in [1.807, 2.05) is 65.6 Å². The molecule has 1 N–H and O–H groups in total. The van der Waals surface area contributed by atoms with E-state index in [1.54, 1.807) is 6.07 Å². The quantitative estimate of drug-likeness (QED) is 0.410. The highest BCUT2D eigenvalue weighted by atomic mass is 32.1. The first-order valence-corrected chi connectivity index (χ1v) is 11.9. The number of thiazole rings is 1. The molecule has 1 aliphatic heterocycles. The molecule has 0 atom stereocenters. The molecule has 1 aromatic heterocycles. The van der Waals surface area contributed by atoms with Gasteiger partial charge in [-0.25, -0.2) is 14.2 Å². The van der Waals surface area contributed by atoms with Gasteiger partial charge in [0.2, 0.25) is 0 Å². The molecule has 2 heterocycles. The van der Waals surface area contributed by atoms with Gasteiger partial charge < -0.3 is 15.0 Å². The van der Waals surface area contributed by atoms with Gasteiger partial charge in [0, 0.05) is 25.9 Å². The predicted octanol–water partition coefficient (Wildman–Crippen LogP) is 5.78. The Hall–Kier alpha value is -3.45. The molecule has 0 aliphatic carbocycles. The van der Waals surface area contributed by atoms with Gasteiger partial charge in [-0.1, -0.05) is 72.0 Å². The van der Waals surface area contributed by atoms with E-state index in [0.717, 1.165) is 34.2 Å². The average molecular weight is 462 g/mol. The number of rotatable bonds is 5. The fourth-order valence-electron chi connectivity index (χ4n) is 4.11. The first kappa shape index (κ1) is 21.4. The second-order valence-corrected chi connectivity index (χ2v) is 9.09. The molecule has 0 saturated carbocycles. The van der Waals surface area contributed by atoms with Crippen molar-refractivity contribution < 1.29 is 13.9 Å². The van der Waals surface area contributed by atoms with Crippen LogP contribution >= 0.6 is 11.3 Å². The molecule has 0 radical (unpaired) electrons. The summed E-state index contributed by atoms with van der Waals surface area (Å²) >= 11 is 1.35. The van der Waals surface area contributed by atoms with Crippen LogP contribution in [-0.4, -0.2) is 35.1 Å². The maximum absolute atomic E-state index is 13.4. The molecular formula is C26H24FN3O2S.